The molecule has 0 aliphatic heterocycles. The number of hydrogen-bond acceptors (Lipinski definition) is 4. The number of halogens is 3. The summed E-state index contributed by atoms with van der Waals surface area (Å²) in [5.41, 5.74) is 0. The molecule has 2 N–H and O–H groups in total. The van der Waals surface area contributed by atoms with E-state index >= 15 is 0 Å². The van der Waals surface area contributed by atoms with Gasteiger partial charge >= 0.3 is 28.9 Å². The molecule has 14 heavy (non-hydrogen) atoms. The number of hydrogen-bond donors (Lipinski definition) is 2. The van der Waals surface area contributed by atoms with Gasteiger partial charge in [-0.2, -0.15) is 21.6 Å². The molecule has 2 atom stereocenters. The third-order valence-corrected chi connectivity index (χ3v) is 1.26. The zero-order valence-corrected chi connectivity index (χ0v) is 7.69. The monoisotopic (exact) mass is 256 g/mol. The largest absolute Gasteiger partial charge is 0.453 e. The van der Waals surface area contributed by atoms with Crippen LogP contribution in [-0.4, -0.2) is 23.7 Å². The normalized spacial score (nSPS) is 17.4. The maximum atomic E-state index is 11.8. The van der Waals surface area contributed by atoms with Gasteiger partial charge in [0.1, 0.15) is 0 Å². The molecule has 0 spiro atoms. The van der Waals surface area contributed by atoms with E-state index in [2.05, 4.69) is 8.37 Å². The number of allylic oxidation sites excluding steroid dienone is 1. The van der Waals surface area contributed by atoms with Crippen LogP contribution in [-0.2, 0) is 31.1 Å². The molecule has 0 aliphatic rings. The molecule has 0 saturated carbocycles. The molecule has 0 aliphatic carbocycles. The smallest absolute Gasteiger partial charge is 0.384 e. The van der Waals surface area contributed by atoms with Crippen molar-refractivity contribution >= 4 is 22.7 Å². The third kappa shape index (κ3) is 5.90. The zero-order valence-electron chi connectivity index (χ0n) is 6.06. The van der Waals surface area contributed by atoms with Gasteiger partial charge in [0, 0.05) is 0 Å². The Morgan fingerprint density at radius 3 is 2.00 bits per heavy atom. The molecule has 0 fully saturated rings. The Balaban J connectivity index is 4.63. The first kappa shape index (κ1) is 13.4. The van der Waals surface area contributed by atoms with Gasteiger partial charge in [-0.15, -0.1) is 0 Å². The van der Waals surface area contributed by atoms with E-state index in [1.165, 1.54) is 0 Å². The fourth-order valence-corrected chi connectivity index (χ4v) is 0.752. The number of alkyl halides is 3. The average Bonchev–Trinajstić information content (AvgIpc) is 1.94. The SMILES string of the molecule is O=S(O)O/C=C(/OS(=O)O)C(F)(F)F. The van der Waals surface area contributed by atoms with Crippen LogP contribution >= 0.6 is 0 Å². The van der Waals surface area contributed by atoms with Crippen molar-refractivity contribution in [3.05, 3.63) is 12.0 Å². The van der Waals surface area contributed by atoms with Crippen LogP contribution in [0.5, 0.6) is 0 Å². The van der Waals surface area contributed by atoms with Gasteiger partial charge in [0.2, 0.25) is 0 Å². The molecule has 0 aromatic rings. The first-order chi connectivity index (χ1) is 6.23. The van der Waals surface area contributed by atoms with E-state index in [0.29, 0.717) is 0 Å². The molecule has 0 radical (unpaired) electrons. The molecule has 11 heteroatoms. The maximum Gasteiger partial charge on any atom is 0.453 e. The highest BCUT2D eigenvalue weighted by atomic mass is 32.2. The summed E-state index contributed by atoms with van der Waals surface area (Å²) in [6.07, 6.45) is -5.39. The van der Waals surface area contributed by atoms with Gasteiger partial charge in [0.25, 0.3) is 5.76 Å². The van der Waals surface area contributed by atoms with E-state index in [-0.39, 0.29) is 6.26 Å². The predicted octanol–water partition coefficient (Wildman–Crippen LogP) is 0.697. The molecule has 0 amide bonds. The van der Waals surface area contributed by atoms with Crippen molar-refractivity contribution in [2.24, 2.45) is 0 Å². The van der Waals surface area contributed by atoms with E-state index < -0.39 is 34.7 Å². The summed E-state index contributed by atoms with van der Waals surface area (Å²) in [7, 11) is 0. The van der Waals surface area contributed by atoms with E-state index in [1.807, 2.05) is 0 Å². The van der Waals surface area contributed by atoms with E-state index in [1.54, 1.807) is 0 Å². The highest BCUT2D eigenvalue weighted by Crippen LogP contribution is 2.27. The molecule has 0 bridgehead atoms. The van der Waals surface area contributed by atoms with Crippen LogP contribution in [0.15, 0.2) is 12.0 Å². The van der Waals surface area contributed by atoms with Gasteiger partial charge < -0.3 is 8.37 Å². The van der Waals surface area contributed by atoms with Crippen molar-refractivity contribution in [3.63, 3.8) is 0 Å². The van der Waals surface area contributed by atoms with E-state index in [9.17, 15) is 21.6 Å². The minimum Gasteiger partial charge on any atom is -0.384 e. The lowest BCUT2D eigenvalue weighted by atomic mass is 10.5. The summed E-state index contributed by atoms with van der Waals surface area (Å²) < 4.78 is 77.9. The van der Waals surface area contributed by atoms with E-state index in [4.69, 9.17) is 9.11 Å². The van der Waals surface area contributed by atoms with Crippen LogP contribution in [0.2, 0.25) is 0 Å². The predicted molar refractivity (Wildman–Crippen MR) is 37.9 cm³/mol. The molecule has 2 unspecified atom stereocenters. The standard InChI is InChI=1S/C3H3F3O6S2/c4-3(5,6)2(12-14(9)10)1-11-13(7)8/h1H,(H,7,8)(H,9,10)/b2-1+. The molecule has 0 aromatic heterocycles. The molecule has 0 rings (SSSR count). The minimum absolute atomic E-state index is 0.287. The van der Waals surface area contributed by atoms with Crippen LogP contribution in [0.4, 0.5) is 13.2 Å². The van der Waals surface area contributed by atoms with Gasteiger partial charge in [-0.1, -0.05) is 0 Å². The zero-order chi connectivity index (χ0) is 11.4. The fourth-order valence-electron chi connectivity index (χ4n) is 0.295. The molecule has 0 saturated heterocycles. The Kier molecular flexibility index (Phi) is 5.04. The van der Waals surface area contributed by atoms with Crippen LogP contribution in [0, 0.1) is 0 Å². The number of rotatable bonds is 4. The summed E-state index contributed by atoms with van der Waals surface area (Å²) in [4.78, 5) is 0. The van der Waals surface area contributed by atoms with Gasteiger partial charge in [-0.3, -0.25) is 9.11 Å². The fraction of sp³-hybridized carbons (Fsp3) is 0.333. The highest BCUT2D eigenvalue weighted by Gasteiger charge is 2.38. The van der Waals surface area contributed by atoms with Crippen molar-refractivity contribution < 1.29 is 39.1 Å². The second kappa shape index (κ2) is 5.29. The summed E-state index contributed by atoms with van der Waals surface area (Å²) in [6, 6.07) is 0. The lowest BCUT2D eigenvalue weighted by Crippen LogP contribution is -2.16. The van der Waals surface area contributed by atoms with Gasteiger partial charge in [0.15, 0.2) is 6.26 Å². The Bertz CT molecular complexity index is 272. The second-order valence-corrected chi connectivity index (χ2v) is 2.82. The Labute approximate surface area is 80.7 Å². The molecule has 84 valence electrons. The summed E-state index contributed by atoms with van der Waals surface area (Å²) >= 11 is -6.18. The van der Waals surface area contributed by atoms with Crippen molar-refractivity contribution in [1.29, 1.82) is 0 Å². The van der Waals surface area contributed by atoms with Gasteiger partial charge in [0.05, 0.1) is 0 Å². The summed E-state index contributed by atoms with van der Waals surface area (Å²) in [5, 5.41) is 0. The molecule has 6 nitrogen and oxygen atoms in total. The highest BCUT2D eigenvalue weighted by molar-refractivity contribution is 7.74. The Hall–Kier alpha value is -0.650. The lowest BCUT2D eigenvalue weighted by Gasteiger charge is -2.08. The van der Waals surface area contributed by atoms with Crippen LogP contribution in [0.1, 0.15) is 0 Å². The average molecular weight is 256 g/mol. The molecule has 0 aromatic carbocycles. The second-order valence-electron chi connectivity index (χ2n) is 1.59. The first-order valence-electron chi connectivity index (χ1n) is 2.58. The third-order valence-electron chi connectivity index (χ3n) is 0.678. The maximum absolute atomic E-state index is 11.8. The molecular formula is C3H3F3O6S2. The lowest BCUT2D eigenvalue weighted by molar-refractivity contribution is -0.117. The van der Waals surface area contributed by atoms with Crippen LogP contribution in [0.3, 0.4) is 0 Å². The topological polar surface area (TPSA) is 93.1 Å². The quantitative estimate of drug-likeness (QED) is 0.568. The van der Waals surface area contributed by atoms with Crippen molar-refractivity contribution in [2.75, 3.05) is 0 Å². The minimum atomic E-state index is -5.10. The van der Waals surface area contributed by atoms with Crippen molar-refractivity contribution in [3.8, 4) is 0 Å². The van der Waals surface area contributed by atoms with E-state index in [0.717, 1.165) is 0 Å². The van der Waals surface area contributed by atoms with Gasteiger partial charge in [-0.05, 0) is 0 Å². The molecule has 0 heterocycles. The summed E-state index contributed by atoms with van der Waals surface area (Å²) in [6.45, 7) is 0. The van der Waals surface area contributed by atoms with Crippen molar-refractivity contribution in [2.45, 2.75) is 6.18 Å². The van der Waals surface area contributed by atoms with Crippen LogP contribution < -0.4 is 0 Å². The van der Waals surface area contributed by atoms with Gasteiger partial charge in [-0.25, -0.2) is 0 Å². The molecular weight excluding hydrogens is 253 g/mol. The first-order valence-corrected chi connectivity index (χ1v) is 4.64. The Morgan fingerprint density at radius 1 is 1.21 bits per heavy atom. The van der Waals surface area contributed by atoms with Crippen molar-refractivity contribution in [1.82, 2.24) is 0 Å². The summed E-state index contributed by atoms with van der Waals surface area (Å²) in [5.74, 6) is -2.00. The van der Waals surface area contributed by atoms with Crippen LogP contribution in [0.25, 0.3) is 0 Å². The Morgan fingerprint density at radius 2 is 1.71 bits per heavy atom.